The lowest BCUT2D eigenvalue weighted by Gasteiger charge is -2.13. The number of halogens is 2. The third kappa shape index (κ3) is 4.74. The minimum atomic E-state index is -1.12. The van der Waals surface area contributed by atoms with Crippen molar-refractivity contribution in [3.63, 3.8) is 0 Å². The molecule has 1 aliphatic rings. The smallest absolute Gasteiger partial charge is 0.341 e. The van der Waals surface area contributed by atoms with Gasteiger partial charge >= 0.3 is 12.0 Å². The molecule has 10 heteroatoms. The molecular formula is C20H16BrClN2O6. The zero-order valence-corrected chi connectivity index (χ0v) is 18.0. The molecule has 0 unspecified atom stereocenters. The van der Waals surface area contributed by atoms with Crippen LogP contribution in [-0.4, -0.2) is 36.2 Å². The highest BCUT2D eigenvalue weighted by Crippen LogP contribution is 2.35. The minimum Gasteiger partial charge on any atom is -0.490 e. The monoisotopic (exact) mass is 494 g/mol. The summed E-state index contributed by atoms with van der Waals surface area (Å²) in [4.78, 5) is 36.9. The summed E-state index contributed by atoms with van der Waals surface area (Å²) in [5.41, 5.74) is 0.930. The molecule has 2 aromatic carbocycles. The van der Waals surface area contributed by atoms with E-state index in [1.807, 2.05) is 0 Å². The number of carbonyl (C=O) groups is 3. The van der Waals surface area contributed by atoms with Crippen LogP contribution in [0.1, 0.15) is 12.5 Å². The van der Waals surface area contributed by atoms with Crippen molar-refractivity contribution >= 4 is 57.2 Å². The number of carboxylic acid groups (broad SMARTS) is 1. The van der Waals surface area contributed by atoms with Gasteiger partial charge in [-0.2, -0.15) is 0 Å². The molecule has 1 saturated heterocycles. The van der Waals surface area contributed by atoms with Crippen LogP contribution in [0.3, 0.4) is 0 Å². The number of hydrogen-bond donors (Lipinski definition) is 2. The number of anilines is 1. The normalized spacial score (nSPS) is 14.8. The summed E-state index contributed by atoms with van der Waals surface area (Å²) in [6.07, 6.45) is 1.48. The summed E-state index contributed by atoms with van der Waals surface area (Å²) in [5.74, 6) is -1.13. The molecule has 0 saturated carbocycles. The van der Waals surface area contributed by atoms with Crippen molar-refractivity contribution < 1.29 is 29.0 Å². The average molecular weight is 496 g/mol. The Balaban J connectivity index is 1.94. The number of nitrogens with one attached hydrogen (secondary N) is 1. The highest BCUT2D eigenvalue weighted by Gasteiger charge is 2.35. The topological polar surface area (TPSA) is 105 Å². The van der Waals surface area contributed by atoms with Crippen LogP contribution in [0.2, 0.25) is 5.02 Å². The molecule has 3 rings (SSSR count). The zero-order chi connectivity index (χ0) is 21.8. The zero-order valence-electron chi connectivity index (χ0n) is 15.6. The maximum Gasteiger partial charge on any atom is 0.341 e. The molecule has 2 N–H and O–H groups in total. The Morgan fingerprint density at radius 3 is 2.63 bits per heavy atom. The number of rotatable bonds is 7. The largest absolute Gasteiger partial charge is 0.490 e. The molecular weight excluding hydrogens is 480 g/mol. The molecule has 156 valence electrons. The van der Waals surface area contributed by atoms with Crippen LogP contribution in [0.5, 0.6) is 11.5 Å². The Kier molecular flexibility index (Phi) is 6.63. The van der Waals surface area contributed by atoms with Gasteiger partial charge in [0, 0.05) is 9.50 Å². The Hall–Kier alpha value is -3.04. The fourth-order valence-electron chi connectivity index (χ4n) is 2.72. The molecule has 1 heterocycles. The van der Waals surface area contributed by atoms with E-state index in [-0.39, 0.29) is 11.4 Å². The molecule has 2 aromatic rings. The van der Waals surface area contributed by atoms with Gasteiger partial charge in [-0.25, -0.2) is 14.5 Å². The molecule has 0 atom stereocenters. The summed E-state index contributed by atoms with van der Waals surface area (Å²) < 4.78 is 11.3. The third-order valence-corrected chi connectivity index (χ3v) is 4.88. The SMILES string of the molecule is CCOc1cc(C=C2NC(=O)N(c3cccc(Cl)c3)C2=O)c(Br)cc1OCC(=O)O. The van der Waals surface area contributed by atoms with Gasteiger partial charge in [0.2, 0.25) is 0 Å². The number of aliphatic carboxylic acids is 1. The fourth-order valence-corrected chi connectivity index (χ4v) is 3.34. The van der Waals surface area contributed by atoms with E-state index in [9.17, 15) is 14.4 Å². The van der Waals surface area contributed by atoms with E-state index in [4.69, 9.17) is 26.2 Å². The van der Waals surface area contributed by atoms with Gasteiger partial charge in [0.05, 0.1) is 12.3 Å². The van der Waals surface area contributed by atoms with Gasteiger partial charge in [-0.05, 0) is 48.9 Å². The number of urea groups is 1. The first-order chi connectivity index (χ1) is 14.3. The first-order valence-corrected chi connectivity index (χ1v) is 9.91. The van der Waals surface area contributed by atoms with Crippen LogP contribution >= 0.6 is 27.5 Å². The predicted molar refractivity (Wildman–Crippen MR) is 114 cm³/mol. The van der Waals surface area contributed by atoms with Crippen molar-refractivity contribution in [3.05, 3.63) is 57.2 Å². The summed E-state index contributed by atoms with van der Waals surface area (Å²) in [7, 11) is 0. The second kappa shape index (κ2) is 9.19. The second-order valence-electron chi connectivity index (χ2n) is 6.04. The number of nitrogens with zero attached hydrogens (tertiary/aromatic N) is 1. The van der Waals surface area contributed by atoms with E-state index in [1.165, 1.54) is 18.2 Å². The van der Waals surface area contributed by atoms with Crippen molar-refractivity contribution in [1.29, 1.82) is 0 Å². The number of ether oxygens (including phenoxy) is 2. The highest BCUT2D eigenvalue weighted by atomic mass is 79.9. The number of amides is 3. The van der Waals surface area contributed by atoms with Gasteiger partial charge in [-0.3, -0.25) is 4.79 Å². The van der Waals surface area contributed by atoms with E-state index in [0.717, 1.165) is 4.90 Å². The maximum absolute atomic E-state index is 12.8. The lowest BCUT2D eigenvalue weighted by molar-refractivity contribution is -0.139. The van der Waals surface area contributed by atoms with Crippen LogP contribution in [0.4, 0.5) is 10.5 Å². The Morgan fingerprint density at radius 1 is 1.23 bits per heavy atom. The second-order valence-corrected chi connectivity index (χ2v) is 7.34. The van der Waals surface area contributed by atoms with Crippen molar-refractivity contribution in [2.75, 3.05) is 18.1 Å². The van der Waals surface area contributed by atoms with Crippen molar-refractivity contribution in [3.8, 4) is 11.5 Å². The molecule has 30 heavy (non-hydrogen) atoms. The molecule has 0 spiro atoms. The van der Waals surface area contributed by atoms with E-state index in [1.54, 1.807) is 31.2 Å². The molecule has 0 radical (unpaired) electrons. The van der Waals surface area contributed by atoms with Gasteiger partial charge in [0.15, 0.2) is 18.1 Å². The van der Waals surface area contributed by atoms with Crippen molar-refractivity contribution in [2.24, 2.45) is 0 Å². The Bertz CT molecular complexity index is 1060. The van der Waals surface area contributed by atoms with Crippen LogP contribution in [-0.2, 0) is 9.59 Å². The molecule has 1 fully saturated rings. The number of imide groups is 1. The van der Waals surface area contributed by atoms with Gasteiger partial charge in [-0.1, -0.05) is 33.6 Å². The standard InChI is InChI=1S/C20H16BrClN2O6/c1-2-29-16-7-11(14(21)9-17(16)30-10-18(25)26)6-15-19(27)24(20(28)23-15)13-5-3-4-12(22)8-13/h3-9H,2,10H2,1H3,(H,23,28)(H,25,26). The van der Waals surface area contributed by atoms with Crippen LogP contribution in [0, 0.1) is 0 Å². The summed E-state index contributed by atoms with van der Waals surface area (Å²) >= 11 is 9.33. The maximum atomic E-state index is 12.8. The minimum absolute atomic E-state index is 0.0577. The Labute approximate surface area is 185 Å². The van der Waals surface area contributed by atoms with E-state index >= 15 is 0 Å². The number of hydrogen-bond acceptors (Lipinski definition) is 5. The number of benzene rings is 2. The highest BCUT2D eigenvalue weighted by molar-refractivity contribution is 9.10. The molecule has 8 nitrogen and oxygen atoms in total. The lowest BCUT2D eigenvalue weighted by Crippen LogP contribution is -2.30. The van der Waals surface area contributed by atoms with Crippen LogP contribution in [0.15, 0.2) is 46.6 Å². The fraction of sp³-hybridized carbons (Fsp3) is 0.150. The summed E-state index contributed by atoms with van der Waals surface area (Å²) in [6.45, 7) is 1.56. The summed E-state index contributed by atoms with van der Waals surface area (Å²) in [6, 6.07) is 8.91. The molecule has 0 aliphatic carbocycles. The summed E-state index contributed by atoms with van der Waals surface area (Å²) in [5, 5.41) is 11.8. The predicted octanol–water partition coefficient (Wildman–Crippen LogP) is 4.06. The van der Waals surface area contributed by atoms with Crippen LogP contribution < -0.4 is 19.7 Å². The average Bonchev–Trinajstić information content (AvgIpc) is 2.96. The van der Waals surface area contributed by atoms with E-state index in [0.29, 0.717) is 33.1 Å². The molecule has 3 amide bonds. The van der Waals surface area contributed by atoms with E-state index < -0.39 is 24.5 Å². The van der Waals surface area contributed by atoms with Crippen molar-refractivity contribution in [1.82, 2.24) is 5.32 Å². The first-order valence-electron chi connectivity index (χ1n) is 8.73. The quantitative estimate of drug-likeness (QED) is 0.443. The van der Waals surface area contributed by atoms with Crippen LogP contribution in [0.25, 0.3) is 6.08 Å². The molecule has 0 aromatic heterocycles. The van der Waals surface area contributed by atoms with Gasteiger partial charge in [0.25, 0.3) is 5.91 Å². The van der Waals surface area contributed by atoms with Gasteiger partial charge < -0.3 is 19.9 Å². The van der Waals surface area contributed by atoms with E-state index in [2.05, 4.69) is 21.2 Å². The van der Waals surface area contributed by atoms with Crippen molar-refractivity contribution in [2.45, 2.75) is 6.92 Å². The number of carboxylic acids is 1. The lowest BCUT2D eigenvalue weighted by atomic mass is 10.1. The Morgan fingerprint density at radius 2 is 1.97 bits per heavy atom. The number of carbonyl (C=O) groups excluding carboxylic acids is 2. The molecule has 1 aliphatic heterocycles. The third-order valence-electron chi connectivity index (χ3n) is 3.96. The molecule has 0 bridgehead atoms. The van der Waals surface area contributed by atoms with Gasteiger partial charge in [0.1, 0.15) is 5.70 Å². The van der Waals surface area contributed by atoms with Gasteiger partial charge in [-0.15, -0.1) is 0 Å². The first kappa shape index (κ1) is 21.7.